The molecule has 0 saturated heterocycles. The third kappa shape index (κ3) is 2.66. The Hall–Kier alpha value is -2.79. The standard InChI is InChI=1S/C20H20N2O3/c1-24-13-9-7-12(8-10-13)18-19-15(11-17(22-18)20(23)25-2)14-5-3-4-6-16(14)21-19/h3-10,17-18,21-22H,11H2,1-2H3/t17-,18-/m0/s1. The van der Waals surface area contributed by atoms with E-state index >= 15 is 0 Å². The van der Waals surface area contributed by atoms with Gasteiger partial charge in [0.05, 0.1) is 20.3 Å². The molecule has 0 unspecified atom stereocenters. The maximum Gasteiger partial charge on any atom is 0.323 e. The lowest BCUT2D eigenvalue weighted by Gasteiger charge is -2.30. The maximum atomic E-state index is 12.2. The van der Waals surface area contributed by atoms with Gasteiger partial charge in [-0.15, -0.1) is 0 Å². The van der Waals surface area contributed by atoms with Crippen molar-refractivity contribution in [2.24, 2.45) is 0 Å². The Bertz CT molecular complexity index is 914. The number of aromatic nitrogens is 1. The van der Waals surface area contributed by atoms with Gasteiger partial charge in [-0.25, -0.2) is 0 Å². The summed E-state index contributed by atoms with van der Waals surface area (Å²) < 4.78 is 10.2. The first-order chi connectivity index (χ1) is 12.2. The van der Waals surface area contributed by atoms with Crippen molar-refractivity contribution in [3.63, 3.8) is 0 Å². The van der Waals surface area contributed by atoms with Crippen LogP contribution in [0.1, 0.15) is 22.9 Å². The highest BCUT2D eigenvalue weighted by Crippen LogP contribution is 2.35. The second kappa shape index (κ2) is 6.26. The van der Waals surface area contributed by atoms with Crippen LogP contribution in [0, 0.1) is 0 Å². The summed E-state index contributed by atoms with van der Waals surface area (Å²) in [4.78, 5) is 15.7. The summed E-state index contributed by atoms with van der Waals surface area (Å²) in [5, 5.41) is 4.59. The molecule has 128 valence electrons. The zero-order valence-electron chi connectivity index (χ0n) is 14.2. The van der Waals surface area contributed by atoms with E-state index in [1.165, 1.54) is 12.7 Å². The number of esters is 1. The monoisotopic (exact) mass is 336 g/mol. The summed E-state index contributed by atoms with van der Waals surface area (Å²) in [5.74, 6) is 0.565. The predicted octanol–water partition coefficient (Wildman–Crippen LogP) is 2.95. The minimum Gasteiger partial charge on any atom is -0.497 e. The van der Waals surface area contributed by atoms with Crippen molar-refractivity contribution in [1.29, 1.82) is 0 Å². The maximum absolute atomic E-state index is 12.2. The predicted molar refractivity (Wildman–Crippen MR) is 95.8 cm³/mol. The number of hydrogen-bond acceptors (Lipinski definition) is 4. The van der Waals surface area contributed by atoms with Gasteiger partial charge >= 0.3 is 5.97 Å². The van der Waals surface area contributed by atoms with E-state index in [2.05, 4.69) is 22.4 Å². The number of benzene rings is 2. The van der Waals surface area contributed by atoms with Gasteiger partial charge in [-0.1, -0.05) is 30.3 Å². The Balaban J connectivity index is 1.83. The van der Waals surface area contributed by atoms with Gasteiger partial charge in [0.25, 0.3) is 0 Å². The van der Waals surface area contributed by atoms with Gasteiger partial charge in [-0.2, -0.15) is 0 Å². The molecule has 2 heterocycles. The van der Waals surface area contributed by atoms with Crippen LogP contribution in [-0.4, -0.2) is 31.2 Å². The molecule has 25 heavy (non-hydrogen) atoms. The molecule has 1 aliphatic rings. The Morgan fingerprint density at radius 3 is 2.56 bits per heavy atom. The third-order valence-electron chi connectivity index (χ3n) is 4.85. The topological polar surface area (TPSA) is 63.4 Å². The van der Waals surface area contributed by atoms with Crippen LogP contribution in [0.2, 0.25) is 0 Å². The average Bonchev–Trinajstić information content (AvgIpc) is 3.05. The molecule has 1 aromatic heterocycles. The second-order valence-corrected chi connectivity index (χ2v) is 6.22. The number of methoxy groups -OCH3 is 2. The number of carbonyl (C=O) groups is 1. The van der Waals surface area contributed by atoms with Crippen molar-refractivity contribution in [3.05, 3.63) is 65.4 Å². The zero-order valence-corrected chi connectivity index (χ0v) is 14.2. The van der Waals surface area contributed by atoms with E-state index in [-0.39, 0.29) is 18.1 Å². The van der Waals surface area contributed by atoms with Crippen LogP contribution in [0.5, 0.6) is 5.75 Å². The molecule has 2 aromatic carbocycles. The molecule has 0 aliphatic carbocycles. The second-order valence-electron chi connectivity index (χ2n) is 6.22. The molecule has 0 fully saturated rings. The minimum atomic E-state index is -0.371. The fourth-order valence-corrected chi connectivity index (χ4v) is 3.59. The van der Waals surface area contributed by atoms with E-state index in [1.807, 2.05) is 36.4 Å². The van der Waals surface area contributed by atoms with E-state index in [0.29, 0.717) is 6.42 Å². The lowest BCUT2D eigenvalue weighted by molar-refractivity contribution is -0.143. The van der Waals surface area contributed by atoms with Gasteiger partial charge in [-0.3, -0.25) is 10.1 Å². The average molecular weight is 336 g/mol. The van der Waals surface area contributed by atoms with Crippen molar-refractivity contribution in [2.75, 3.05) is 14.2 Å². The first kappa shape index (κ1) is 15.7. The van der Waals surface area contributed by atoms with E-state index in [9.17, 15) is 4.79 Å². The molecule has 0 bridgehead atoms. The Labute approximate surface area is 146 Å². The number of hydrogen-bond donors (Lipinski definition) is 2. The van der Waals surface area contributed by atoms with Crippen LogP contribution in [-0.2, 0) is 16.0 Å². The number of nitrogens with one attached hydrogen (secondary N) is 2. The fourth-order valence-electron chi connectivity index (χ4n) is 3.59. The van der Waals surface area contributed by atoms with E-state index < -0.39 is 0 Å². The first-order valence-electron chi connectivity index (χ1n) is 8.28. The highest BCUT2D eigenvalue weighted by atomic mass is 16.5. The van der Waals surface area contributed by atoms with Gasteiger partial charge in [-0.05, 0) is 29.3 Å². The number of H-pyrrole nitrogens is 1. The summed E-state index contributed by atoms with van der Waals surface area (Å²) in [7, 11) is 3.08. The Morgan fingerprint density at radius 2 is 1.84 bits per heavy atom. The van der Waals surface area contributed by atoms with Gasteiger partial charge in [0, 0.05) is 23.0 Å². The molecule has 1 aliphatic heterocycles. The molecule has 3 aromatic rings. The lowest BCUT2D eigenvalue weighted by atomic mass is 9.90. The summed E-state index contributed by atoms with van der Waals surface area (Å²) >= 11 is 0. The molecule has 0 saturated carbocycles. The Morgan fingerprint density at radius 1 is 1.08 bits per heavy atom. The van der Waals surface area contributed by atoms with Gasteiger partial charge in [0.2, 0.25) is 0 Å². The molecule has 0 radical (unpaired) electrons. The van der Waals surface area contributed by atoms with Crippen LogP contribution in [0.4, 0.5) is 0 Å². The molecular formula is C20H20N2O3. The van der Waals surface area contributed by atoms with Crippen molar-refractivity contribution in [2.45, 2.75) is 18.5 Å². The smallest absolute Gasteiger partial charge is 0.323 e. The molecular weight excluding hydrogens is 316 g/mol. The van der Waals surface area contributed by atoms with Crippen molar-refractivity contribution >= 4 is 16.9 Å². The van der Waals surface area contributed by atoms with Crippen LogP contribution in [0.3, 0.4) is 0 Å². The van der Waals surface area contributed by atoms with Gasteiger partial charge < -0.3 is 14.5 Å². The normalized spacial score (nSPS) is 19.4. The summed E-state index contributed by atoms with van der Waals surface area (Å²) in [6, 6.07) is 15.6. The number of carbonyl (C=O) groups excluding carboxylic acids is 1. The highest BCUT2D eigenvalue weighted by Gasteiger charge is 2.34. The summed E-state index contributed by atoms with van der Waals surface area (Å²) in [6.07, 6.45) is 0.610. The summed E-state index contributed by atoms with van der Waals surface area (Å²) in [5.41, 5.74) is 4.43. The summed E-state index contributed by atoms with van der Waals surface area (Å²) in [6.45, 7) is 0. The lowest BCUT2D eigenvalue weighted by Crippen LogP contribution is -2.45. The highest BCUT2D eigenvalue weighted by molar-refractivity contribution is 5.87. The number of rotatable bonds is 3. The van der Waals surface area contributed by atoms with Gasteiger partial charge in [0.15, 0.2) is 0 Å². The Kier molecular flexibility index (Phi) is 3.93. The van der Waals surface area contributed by atoms with Crippen LogP contribution >= 0.6 is 0 Å². The van der Waals surface area contributed by atoms with Gasteiger partial charge in [0.1, 0.15) is 11.8 Å². The molecule has 4 rings (SSSR count). The molecule has 5 nitrogen and oxygen atoms in total. The molecule has 0 amide bonds. The molecule has 2 N–H and O–H groups in total. The molecule has 5 heteroatoms. The van der Waals surface area contributed by atoms with E-state index in [4.69, 9.17) is 9.47 Å². The quantitative estimate of drug-likeness (QED) is 0.722. The first-order valence-corrected chi connectivity index (χ1v) is 8.28. The van der Waals surface area contributed by atoms with Crippen molar-refractivity contribution in [3.8, 4) is 5.75 Å². The van der Waals surface area contributed by atoms with Crippen LogP contribution in [0.15, 0.2) is 48.5 Å². The van der Waals surface area contributed by atoms with Crippen molar-refractivity contribution in [1.82, 2.24) is 10.3 Å². The zero-order chi connectivity index (χ0) is 17.4. The van der Waals surface area contributed by atoms with Crippen LogP contribution < -0.4 is 10.1 Å². The number of aromatic amines is 1. The fraction of sp³-hybridized carbons (Fsp3) is 0.250. The minimum absolute atomic E-state index is 0.105. The number of fused-ring (bicyclic) bond motifs is 3. The van der Waals surface area contributed by atoms with E-state index in [1.54, 1.807) is 7.11 Å². The number of para-hydroxylation sites is 1. The molecule has 0 spiro atoms. The van der Waals surface area contributed by atoms with E-state index in [0.717, 1.165) is 27.9 Å². The number of ether oxygens (including phenoxy) is 2. The van der Waals surface area contributed by atoms with Crippen LogP contribution in [0.25, 0.3) is 10.9 Å². The van der Waals surface area contributed by atoms with Crippen molar-refractivity contribution < 1.29 is 14.3 Å². The third-order valence-corrected chi connectivity index (χ3v) is 4.85. The molecule has 2 atom stereocenters. The SMILES string of the molecule is COC(=O)[C@@H]1Cc2c([nH]c3ccccc23)[C@H](c2ccc(OC)cc2)N1. The largest absolute Gasteiger partial charge is 0.497 e.